The average molecular weight is 389 g/mol. The van der Waals surface area contributed by atoms with E-state index in [1.165, 1.54) is 11.6 Å². The molecule has 1 atom stereocenters. The van der Waals surface area contributed by atoms with Gasteiger partial charge in [0, 0.05) is 32.8 Å². The normalized spacial score (nSPS) is 18.0. The van der Waals surface area contributed by atoms with Crippen molar-refractivity contribution in [1.82, 2.24) is 10.2 Å². The topological polar surface area (TPSA) is 61.8 Å². The lowest BCUT2D eigenvalue weighted by atomic mass is 10.1. The first-order chi connectivity index (χ1) is 13.1. The maximum Gasteiger partial charge on any atom is 0.224 e. The molecule has 0 spiro atoms. The van der Waals surface area contributed by atoms with E-state index in [-0.39, 0.29) is 29.2 Å². The van der Waals surface area contributed by atoms with E-state index in [1.54, 1.807) is 12.1 Å². The maximum absolute atomic E-state index is 12.2. The van der Waals surface area contributed by atoms with Crippen LogP contribution < -0.4 is 5.32 Å². The molecule has 3 rings (SSSR count). The Bertz CT molecular complexity index is 754. The summed E-state index contributed by atoms with van der Waals surface area (Å²) in [5.74, 6) is -0.0644. The summed E-state index contributed by atoms with van der Waals surface area (Å²) in [6.07, 6.45) is 1.19. The first-order valence-electron chi connectivity index (χ1n) is 9.22. The van der Waals surface area contributed by atoms with Gasteiger partial charge in [0.15, 0.2) is 0 Å². The highest BCUT2D eigenvalue weighted by molar-refractivity contribution is 6.32. The highest BCUT2D eigenvalue weighted by Crippen LogP contribution is 2.23. The molecule has 144 valence electrons. The number of hydrogen-bond donors (Lipinski definition) is 2. The molecule has 1 aliphatic rings. The van der Waals surface area contributed by atoms with Crippen LogP contribution >= 0.6 is 11.6 Å². The van der Waals surface area contributed by atoms with Crippen molar-refractivity contribution in [1.29, 1.82) is 0 Å². The fourth-order valence-electron chi connectivity index (χ4n) is 3.21. The summed E-state index contributed by atoms with van der Waals surface area (Å²) in [7, 11) is 0. The molecule has 1 unspecified atom stereocenters. The molecule has 5 nitrogen and oxygen atoms in total. The van der Waals surface area contributed by atoms with Gasteiger partial charge in [-0.3, -0.25) is 9.69 Å². The van der Waals surface area contributed by atoms with E-state index >= 15 is 0 Å². The number of ether oxygens (including phenoxy) is 1. The number of nitrogens with one attached hydrogen (secondary N) is 1. The number of halogens is 1. The number of aromatic hydroxyl groups is 1. The molecule has 0 aromatic heterocycles. The van der Waals surface area contributed by atoms with Gasteiger partial charge < -0.3 is 15.2 Å². The third-order valence-electron chi connectivity index (χ3n) is 4.59. The Morgan fingerprint density at radius 1 is 1.22 bits per heavy atom. The van der Waals surface area contributed by atoms with Gasteiger partial charge in [-0.15, -0.1) is 0 Å². The first-order valence-corrected chi connectivity index (χ1v) is 9.60. The number of rotatable bonds is 6. The lowest BCUT2D eigenvalue weighted by Crippen LogP contribution is -2.40. The Morgan fingerprint density at radius 3 is 2.81 bits per heavy atom. The fourth-order valence-corrected chi connectivity index (χ4v) is 3.42. The highest BCUT2D eigenvalue weighted by atomic mass is 35.5. The second-order valence-electron chi connectivity index (χ2n) is 6.83. The fraction of sp³-hybridized carbons (Fsp3) is 0.381. The zero-order chi connectivity index (χ0) is 19.1. The van der Waals surface area contributed by atoms with Gasteiger partial charge in [0.1, 0.15) is 5.75 Å². The number of carbonyl (C=O) groups is 1. The van der Waals surface area contributed by atoms with Crippen LogP contribution in [0.1, 0.15) is 17.5 Å². The smallest absolute Gasteiger partial charge is 0.224 e. The highest BCUT2D eigenvalue weighted by Gasteiger charge is 2.19. The molecular weight excluding hydrogens is 364 g/mol. The second kappa shape index (κ2) is 9.74. The first kappa shape index (κ1) is 19.7. The lowest BCUT2D eigenvalue weighted by Gasteiger charge is -2.24. The van der Waals surface area contributed by atoms with Crippen molar-refractivity contribution in [2.75, 3.05) is 26.2 Å². The molecule has 1 saturated heterocycles. The number of amides is 1. The largest absolute Gasteiger partial charge is 0.506 e. The van der Waals surface area contributed by atoms with Crippen LogP contribution in [0.4, 0.5) is 0 Å². The molecule has 2 aromatic carbocycles. The molecule has 1 fully saturated rings. The van der Waals surface area contributed by atoms with E-state index in [2.05, 4.69) is 34.5 Å². The molecule has 1 heterocycles. The van der Waals surface area contributed by atoms with Crippen LogP contribution in [-0.2, 0) is 22.5 Å². The van der Waals surface area contributed by atoms with Crippen LogP contribution in [0.25, 0.3) is 0 Å². The van der Waals surface area contributed by atoms with Crippen molar-refractivity contribution in [2.24, 2.45) is 0 Å². The summed E-state index contributed by atoms with van der Waals surface area (Å²) < 4.78 is 5.90. The van der Waals surface area contributed by atoms with Gasteiger partial charge in [0.2, 0.25) is 5.91 Å². The minimum absolute atomic E-state index is 0.0196. The Morgan fingerprint density at radius 2 is 2.04 bits per heavy atom. The summed E-state index contributed by atoms with van der Waals surface area (Å²) in [6.45, 7) is 3.86. The molecule has 0 bridgehead atoms. The predicted molar refractivity (Wildman–Crippen MR) is 106 cm³/mol. The van der Waals surface area contributed by atoms with Gasteiger partial charge in [0.25, 0.3) is 0 Å². The summed E-state index contributed by atoms with van der Waals surface area (Å²) in [6, 6.07) is 15.2. The summed E-state index contributed by atoms with van der Waals surface area (Å²) in [5, 5.41) is 12.7. The third-order valence-corrected chi connectivity index (χ3v) is 4.89. The molecule has 0 aliphatic carbocycles. The van der Waals surface area contributed by atoms with E-state index in [4.69, 9.17) is 16.3 Å². The van der Waals surface area contributed by atoms with E-state index < -0.39 is 0 Å². The van der Waals surface area contributed by atoms with Crippen molar-refractivity contribution in [3.8, 4) is 5.75 Å². The van der Waals surface area contributed by atoms with E-state index in [0.717, 1.165) is 31.6 Å². The summed E-state index contributed by atoms with van der Waals surface area (Å²) >= 11 is 5.89. The van der Waals surface area contributed by atoms with Gasteiger partial charge in [0.05, 0.1) is 17.5 Å². The Labute approximate surface area is 164 Å². The van der Waals surface area contributed by atoms with Crippen LogP contribution in [0.2, 0.25) is 5.02 Å². The quantitative estimate of drug-likeness (QED) is 0.798. The van der Waals surface area contributed by atoms with E-state index in [9.17, 15) is 9.90 Å². The van der Waals surface area contributed by atoms with Crippen molar-refractivity contribution >= 4 is 17.5 Å². The van der Waals surface area contributed by atoms with Crippen LogP contribution in [-0.4, -0.2) is 48.3 Å². The average Bonchev–Trinajstić information content (AvgIpc) is 2.89. The summed E-state index contributed by atoms with van der Waals surface area (Å²) in [5.41, 5.74) is 2.05. The minimum Gasteiger partial charge on any atom is -0.506 e. The van der Waals surface area contributed by atoms with Crippen molar-refractivity contribution in [3.05, 3.63) is 64.7 Å². The number of phenols is 1. The monoisotopic (exact) mass is 388 g/mol. The van der Waals surface area contributed by atoms with Crippen molar-refractivity contribution in [2.45, 2.75) is 25.5 Å². The standard InChI is InChI=1S/C21H25ClN2O3/c22-19-11-17(7-8-20(19)25)12-21(26)23-13-18-15-24(9-4-10-27-18)14-16-5-2-1-3-6-16/h1-3,5-8,11,18,25H,4,9-10,12-15H2,(H,23,26). The van der Waals surface area contributed by atoms with Gasteiger partial charge in [-0.05, 0) is 29.7 Å². The number of carbonyl (C=O) groups excluding carboxylic acids is 1. The molecule has 1 amide bonds. The Hall–Kier alpha value is -2.08. The van der Waals surface area contributed by atoms with Crippen LogP contribution in [0, 0.1) is 0 Å². The van der Waals surface area contributed by atoms with Gasteiger partial charge >= 0.3 is 0 Å². The zero-order valence-electron chi connectivity index (χ0n) is 15.2. The Kier molecular flexibility index (Phi) is 7.10. The SMILES string of the molecule is O=C(Cc1ccc(O)c(Cl)c1)NCC1CN(Cc2ccccc2)CCCO1. The lowest BCUT2D eigenvalue weighted by molar-refractivity contribution is -0.121. The molecule has 2 aromatic rings. The van der Waals surface area contributed by atoms with Crippen molar-refractivity contribution < 1.29 is 14.6 Å². The van der Waals surface area contributed by atoms with Gasteiger partial charge in [-0.2, -0.15) is 0 Å². The summed E-state index contributed by atoms with van der Waals surface area (Å²) in [4.78, 5) is 14.6. The number of nitrogens with zero attached hydrogens (tertiary/aromatic N) is 1. The van der Waals surface area contributed by atoms with Gasteiger partial charge in [-0.25, -0.2) is 0 Å². The molecular formula is C21H25ClN2O3. The molecule has 6 heteroatoms. The molecule has 0 radical (unpaired) electrons. The van der Waals surface area contributed by atoms with E-state index in [0.29, 0.717) is 13.2 Å². The predicted octanol–water partition coefficient (Wildman–Crippen LogP) is 3.00. The zero-order valence-corrected chi connectivity index (χ0v) is 16.0. The molecule has 2 N–H and O–H groups in total. The Balaban J connectivity index is 1.48. The molecule has 0 saturated carbocycles. The van der Waals surface area contributed by atoms with Gasteiger partial charge in [-0.1, -0.05) is 48.0 Å². The third kappa shape index (κ3) is 6.24. The van der Waals surface area contributed by atoms with Crippen LogP contribution in [0.15, 0.2) is 48.5 Å². The molecule has 27 heavy (non-hydrogen) atoms. The van der Waals surface area contributed by atoms with Crippen molar-refractivity contribution in [3.63, 3.8) is 0 Å². The number of hydrogen-bond acceptors (Lipinski definition) is 4. The number of phenolic OH excluding ortho intramolecular Hbond substituents is 1. The second-order valence-corrected chi connectivity index (χ2v) is 7.24. The number of benzene rings is 2. The minimum atomic E-state index is -0.0841. The van der Waals surface area contributed by atoms with Crippen LogP contribution in [0.5, 0.6) is 5.75 Å². The molecule has 1 aliphatic heterocycles. The van der Waals surface area contributed by atoms with Crippen LogP contribution in [0.3, 0.4) is 0 Å². The van der Waals surface area contributed by atoms with E-state index in [1.807, 2.05) is 6.07 Å². The maximum atomic E-state index is 12.2.